The van der Waals surface area contributed by atoms with Crippen molar-refractivity contribution in [1.82, 2.24) is 9.97 Å². The standard InChI is InChI=1S/C16H14F3N3O2S/c1-10-13(20-7-6-14(10)24-9-16(17,18)19)8-25(23)15-21-11-4-2-3-5-12(11)22-15/h2-7H,8-9H2,1H3,(H,21,22)/p+1/t25-/m1/s1. The number of benzene rings is 1. The van der Waals surface area contributed by atoms with E-state index in [0.717, 1.165) is 5.52 Å². The summed E-state index contributed by atoms with van der Waals surface area (Å²) in [5, 5.41) is 0.315. The number of nitrogens with one attached hydrogen (secondary N) is 2. The van der Waals surface area contributed by atoms with Crippen LogP contribution in [0.4, 0.5) is 13.2 Å². The molecule has 0 aliphatic rings. The summed E-state index contributed by atoms with van der Waals surface area (Å²) >= 11 is 0. The van der Waals surface area contributed by atoms with Crippen LogP contribution >= 0.6 is 0 Å². The zero-order chi connectivity index (χ0) is 18.0. The van der Waals surface area contributed by atoms with Gasteiger partial charge in [-0.25, -0.2) is 9.97 Å². The van der Waals surface area contributed by atoms with Crippen LogP contribution in [-0.4, -0.2) is 27.0 Å². The van der Waals surface area contributed by atoms with Gasteiger partial charge in [0.2, 0.25) is 0 Å². The number of para-hydroxylation sites is 2. The molecule has 5 nitrogen and oxygen atoms in total. The Kier molecular flexibility index (Phi) is 4.76. The highest BCUT2D eigenvalue weighted by Gasteiger charge is 2.29. The molecule has 1 aromatic carbocycles. The highest BCUT2D eigenvalue weighted by atomic mass is 32.2. The van der Waals surface area contributed by atoms with Gasteiger partial charge in [0.05, 0.1) is 27.4 Å². The third-order valence-corrected chi connectivity index (χ3v) is 4.74. The summed E-state index contributed by atoms with van der Waals surface area (Å²) in [6.07, 6.45) is -2.95. The summed E-state index contributed by atoms with van der Waals surface area (Å²) in [4.78, 5) is 10.2. The first-order valence-corrected chi connectivity index (χ1v) is 8.68. The molecule has 9 heteroatoms. The van der Waals surface area contributed by atoms with E-state index in [1.807, 2.05) is 18.2 Å². The number of ether oxygens (including phenoxy) is 1. The summed E-state index contributed by atoms with van der Waals surface area (Å²) in [7, 11) is -1.48. The molecule has 25 heavy (non-hydrogen) atoms. The lowest BCUT2D eigenvalue weighted by molar-refractivity contribution is -0.389. The quantitative estimate of drug-likeness (QED) is 0.751. The Labute approximate surface area is 143 Å². The molecule has 2 N–H and O–H groups in total. The van der Waals surface area contributed by atoms with Crippen LogP contribution in [0.5, 0.6) is 5.75 Å². The van der Waals surface area contributed by atoms with Crippen LogP contribution in [0.3, 0.4) is 0 Å². The maximum atomic E-state index is 12.5. The van der Waals surface area contributed by atoms with Crippen molar-refractivity contribution in [3.05, 3.63) is 47.8 Å². The second-order valence-electron chi connectivity index (χ2n) is 5.40. The summed E-state index contributed by atoms with van der Waals surface area (Å²) in [6.45, 7) is 0.247. The van der Waals surface area contributed by atoms with Crippen LogP contribution < -0.4 is 9.72 Å². The monoisotopic (exact) mass is 370 g/mol. The number of hydrogen-bond donors (Lipinski definition) is 1. The zero-order valence-electron chi connectivity index (χ0n) is 13.2. The maximum Gasteiger partial charge on any atom is 0.422 e. The van der Waals surface area contributed by atoms with E-state index in [9.17, 15) is 17.4 Å². The minimum absolute atomic E-state index is 0.0782. The minimum Gasteiger partial charge on any atom is -0.483 e. The lowest BCUT2D eigenvalue weighted by Crippen LogP contribution is -2.21. The van der Waals surface area contributed by atoms with Gasteiger partial charge in [0.15, 0.2) is 23.7 Å². The van der Waals surface area contributed by atoms with Gasteiger partial charge in [0.1, 0.15) is 11.5 Å². The number of fused-ring (bicyclic) bond motifs is 1. The highest BCUT2D eigenvalue weighted by molar-refractivity contribution is 7.84. The molecule has 0 amide bonds. The predicted octanol–water partition coefficient (Wildman–Crippen LogP) is 2.93. The van der Waals surface area contributed by atoms with Gasteiger partial charge < -0.3 is 9.72 Å². The predicted molar refractivity (Wildman–Crippen MR) is 85.5 cm³/mol. The lowest BCUT2D eigenvalue weighted by Gasteiger charge is -2.10. The van der Waals surface area contributed by atoms with Gasteiger partial charge in [-0.1, -0.05) is 12.1 Å². The highest BCUT2D eigenvalue weighted by Crippen LogP contribution is 2.23. The number of imidazole rings is 1. The van der Waals surface area contributed by atoms with Crippen molar-refractivity contribution in [2.45, 2.75) is 24.0 Å². The Morgan fingerprint density at radius 1 is 1.28 bits per heavy atom. The summed E-state index contributed by atoms with van der Waals surface area (Å²) in [6, 6.07) is 8.71. The number of pyridine rings is 1. The lowest BCUT2D eigenvalue weighted by atomic mass is 10.2. The van der Waals surface area contributed by atoms with E-state index < -0.39 is 23.6 Å². The molecule has 3 rings (SSSR count). The molecule has 0 saturated carbocycles. The van der Waals surface area contributed by atoms with Crippen molar-refractivity contribution >= 4 is 21.8 Å². The van der Waals surface area contributed by atoms with Crippen LogP contribution in [0.1, 0.15) is 11.3 Å². The van der Waals surface area contributed by atoms with Gasteiger partial charge in [-0.3, -0.25) is 4.21 Å². The molecule has 0 unspecified atom stereocenters. The van der Waals surface area contributed by atoms with Crippen molar-refractivity contribution in [3.63, 3.8) is 0 Å². The number of nitrogens with zero attached hydrogens (tertiary/aromatic N) is 1. The smallest absolute Gasteiger partial charge is 0.422 e. The molecule has 0 saturated heterocycles. The molecule has 0 spiro atoms. The molecule has 0 fully saturated rings. The second kappa shape index (κ2) is 6.83. The Bertz CT molecular complexity index is 891. The fraction of sp³-hybridized carbons (Fsp3) is 0.250. The van der Waals surface area contributed by atoms with Crippen molar-refractivity contribution < 1.29 is 27.1 Å². The third kappa shape index (κ3) is 4.16. The summed E-state index contributed by atoms with van der Waals surface area (Å²) < 4.78 is 54.3. The molecule has 0 bridgehead atoms. The van der Waals surface area contributed by atoms with E-state index in [-0.39, 0.29) is 11.5 Å². The van der Waals surface area contributed by atoms with Crippen molar-refractivity contribution in [3.8, 4) is 5.75 Å². The Balaban J connectivity index is 1.79. The third-order valence-electron chi connectivity index (χ3n) is 3.56. The number of halogens is 3. The number of aromatic nitrogens is 3. The summed E-state index contributed by atoms with van der Waals surface area (Å²) in [5.41, 5.74) is 2.48. The normalized spacial score (nSPS) is 13.1. The molecule has 3 aromatic rings. The molecule has 0 aliphatic heterocycles. The van der Waals surface area contributed by atoms with Crippen molar-refractivity contribution in [1.29, 1.82) is 0 Å². The first kappa shape index (κ1) is 17.4. The van der Waals surface area contributed by atoms with Gasteiger partial charge in [-0.15, -0.1) is 0 Å². The first-order valence-electron chi connectivity index (χ1n) is 7.36. The number of H-pyrrole nitrogens is 2. The van der Waals surface area contributed by atoms with Crippen LogP contribution in [0.2, 0.25) is 0 Å². The van der Waals surface area contributed by atoms with Crippen LogP contribution in [0.15, 0.2) is 41.7 Å². The minimum atomic E-state index is -4.41. The largest absolute Gasteiger partial charge is 0.483 e. The Hall–Kier alpha value is -2.42. The van der Waals surface area contributed by atoms with E-state index in [2.05, 4.69) is 15.0 Å². The van der Waals surface area contributed by atoms with E-state index in [1.54, 1.807) is 13.0 Å². The average molecular weight is 370 g/mol. The SMILES string of the molecule is Cc1c(OCC(F)(F)F)cc[nH+]c1C[S@@](=O)c1nc2ccccc2[nH]1. The number of alkyl halides is 3. The van der Waals surface area contributed by atoms with E-state index in [1.165, 1.54) is 12.3 Å². The maximum absolute atomic E-state index is 12.5. The summed E-state index contributed by atoms with van der Waals surface area (Å²) in [5.74, 6) is 0.183. The van der Waals surface area contributed by atoms with Gasteiger partial charge in [0, 0.05) is 6.07 Å². The fourth-order valence-corrected chi connectivity index (χ4v) is 3.43. The van der Waals surface area contributed by atoms with Gasteiger partial charge >= 0.3 is 6.18 Å². The molecule has 0 aliphatic carbocycles. The fourth-order valence-electron chi connectivity index (χ4n) is 2.30. The molecular formula is C16H15F3N3O2S+. The number of aromatic amines is 2. The Morgan fingerprint density at radius 2 is 2.04 bits per heavy atom. The average Bonchev–Trinajstić information content (AvgIpc) is 2.99. The topological polar surface area (TPSA) is 69.1 Å². The van der Waals surface area contributed by atoms with Gasteiger partial charge in [0.25, 0.3) is 0 Å². The van der Waals surface area contributed by atoms with E-state index >= 15 is 0 Å². The Morgan fingerprint density at radius 3 is 2.76 bits per heavy atom. The van der Waals surface area contributed by atoms with E-state index in [0.29, 0.717) is 21.9 Å². The van der Waals surface area contributed by atoms with Crippen LogP contribution in [0, 0.1) is 6.92 Å². The molecule has 1 atom stereocenters. The molecule has 132 valence electrons. The van der Waals surface area contributed by atoms with Crippen molar-refractivity contribution in [2.24, 2.45) is 0 Å². The van der Waals surface area contributed by atoms with E-state index in [4.69, 9.17) is 4.74 Å². The first-order chi connectivity index (χ1) is 11.8. The van der Waals surface area contributed by atoms with Crippen molar-refractivity contribution in [2.75, 3.05) is 6.61 Å². The molecular weight excluding hydrogens is 355 g/mol. The molecule has 2 heterocycles. The van der Waals surface area contributed by atoms with Gasteiger partial charge in [-0.2, -0.15) is 13.2 Å². The van der Waals surface area contributed by atoms with Crippen LogP contribution in [0.25, 0.3) is 11.0 Å². The van der Waals surface area contributed by atoms with Gasteiger partial charge in [-0.05, 0) is 19.1 Å². The second-order valence-corrected chi connectivity index (χ2v) is 6.76. The number of hydrogen-bond acceptors (Lipinski definition) is 3. The zero-order valence-corrected chi connectivity index (χ0v) is 14.0. The molecule has 0 radical (unpaired) electrons. The molecule has 2 aromatic heterocycles. The van der Waals surface area contributed by atoms with Crippen LogP contribution in [-0.2, 0) is 16.6 Å². The number of rotatable bonds is 5.